The fourth-order valence-electron chi connectivity index (χ4n) is 2.66. The third-order valence-electron chi connectivity index (χ3n) is 3.65. The molecule has 2 heterocycles. The second-order valence-corrected chi connectivity index (χ2v) is 5.09. The first-order chi connectivity index (χ1) is 9.31. The van der Waals surface area contributed by atoms with E-state index in [4.69, 9.17) is 0 Å². The number of aromatic nitrogens is 2. The topological polar surface area (TPSA) is 50.2 Å². The fourth-order valence-corrected chi connectivity index (χ4v) is 2.66. The third-order valence-corrected chi connectivity index (χ3v) is 3.65. The van der Waals surface area contributed by atoms with E-state index in [-0.39, 0.29) is 30.7 Å². The molecule has 1 fully saturated rings. The van der Waals surface area contributed by atoms with Crippen molar-refractivity contribution >= 4 is 30.7 Å². The van der Waals surface area contributed by atoms with Gasteiger partial charge in [-0.1, -0.05) is 6.92 Å². The van der Waals surface area contributed by atoms with E-state index in [2.05, 4.69) is 22.2 Å². The highest BCUT2D eigenvalue weighted by molar-refractivity contribution is 5.85. The average Bonchev–Trinajstić information content (AvgIpc) is 2.96. The standard InChI is InChI=1S/C14H24N4O.2ClH/c1-2-10-18(13-4-8-15-9-5-13)14(19)6-12-17-11-3-7-16-17;;/h3,7,11,13,15H,2,4-6,8-10,12H2,1H3;2*1H. The second kappa shape index (κ2) is 10.9. The molecule has 0 aromatic carbocycles. The lowest BCUT2D eigenvalue weighted by Crippen LogP contribution is -2.46. The SMILES string of the molecule is CCCN(C(=O)CCn1cccn1)C1CCNCC1.Cl.Cl. The Kier molecular flexibility index (Phi) is 10.5. The molecule has 1 amide bonds. The number of hydrogen-bond acceptors (Lipinski definition) is 3. The van der Waals surface area contributed by atoms with Crippen LogP contribution >= 0.6 is 24.8 Å². The molecule has 2 rings (SSSR count). The molecule has 0 aliphatic carbocycles. The van der Waals surface area contributed by atoms with Gasteiger partial charge >= 0.3 is 0 Å². The van der Waals surface area contributed by atoms with Crippen molar-refractivity contribution in [2.24, 2.45) is 0 Å². The summed E-state index contributed by atoms with van der Waals surface area (Å²) in [6, 6.07) is 2.31. The van der Waals surface area contributed by atoms with Gasteiger partial charge < -0.3 is 10.2 Å². The molecule has 0 atom stereocenters. The maximum absolute atomic E-state index is 12.4. The number of nitrogens with one attached hydrogen (secondary N) is 1. The van der Waals surface area contributed by atoms with Gasteiger partial charge in [-0.3, -0.25) is 9.48 Å². The first-order valence-corrected chi connectivity index (χ1v) is 7.29. The average molecular weight is 337 g/mol. The highest BCUT2D eigenvalue weighted by Gasteiger charge is 2.24. The van der Waals surface area contributed by atoms with Crippen LogP contribution in [0.1, 0.15) is 32.6 Å². The van der Waals surface area contributed by atoms with E-state index >= 15 is 0 Å². The summed E-state index contributed by atoms with van der Waals surface area (Å²) in [4.78, 5) is 14.5. The summed E-state index contributed by atoms with van der Waals surface area (Å²) in [7, 11) is 0. The molecule has 0 spiro atoms. The lowest BCUT2D eigenvalue weighted by atomic mass is 10.0. The van der Waals surface area contributed by atoms with Gasteiger partial charge in [0.25, 0.3) is 0 Å². The lowest BCUT2D eigenvalue weighted by molar-refractivity contribution is -0.134. The van der Waals surface area contributed by atoms with Gasteiger partial charge in [-0.2, -0.15) is 5.10 Å². The Morgan fingerprint density at radius 3 is 2.67 bits per heavy atom. The van der Waals surface area contributed by atoms with Gasteiger partial charge in [0, 0.05) is 37.9 Å². The Hall–Kier alpha value is -0.780. The van der Waals surface area contributed by atoms with E-state index in [1.54, 1.807) is 6.20 Å². The summed E-state index contributed by atoms with van der Waals surface area (Å²) >= 11 is 0. The molecule has 1 aromatic rings. The zero-order valence-electron chi connectivity index (χ0n) is 12.5. The summed E-state index contributed by atoms with van der Waals surface area (Å²) in [6.45, 7) is 5.74. The minimum Gasteiger partial charge on any atom is -0.340 e. The van der Waals surface area contributed by atoms with Gasteiger partial charge in [-0.15, -0.1) is 24.8 Å². The molecule has 0 bridgehead atoms. The Labute approximate surface area is 139 Å². The molecule has 0 unspecified atom stereocenters. The number of nitrogens with zero attached hydrogens (tertiary/aromatic N) is 3. The Balaban J connectivity index is 0.00000200. The normalized spacial score (nSPS) is 14.9. The van der Waals surface area contributed by atoms with Crippen LogP contribution in [0.2, 0.25) is 0 Å². The summed E-state index contributed by atoms with van der Waals surface area (Å²) in [5, 5.41) is 7.49. The first kappa shape index (κ1) is 20.2. The molecule has 0 saturated carbocycles. The largest absolute Gasteiger partial charge is 0.340 e. The van der Waals surface area contributed by atoms with Gasteiger partial charge in [0.05, 0.1) is 0 Å². The molecular formula is C14H26Cl2N4O. The van der Waals surface area contributed by atoms with Crippen LogP contribution in [0, 0.1) is 0 Å². The number of amides is 1. The summed E-state index contributed by atoms with van der Waals surface area (Å²) in [6.07, 6.45) is 7.38. The highest BCUT2D eigenvalue weighted by atomic mass is 35.5. The highest BCUT2D eigenvalue weighted by Crippen LogP contribution is 2.14. The molecule has 21 heavy (non-hydrogen) atoms. The maximum Gasteiger partial charge on any atom is 0.224 e. The van der Waals surface area contributed by atoms with Crippen LogP contribution in [-0.2, 0) is 11.3 Å². The second-order valence-electron chi connectivity index (χ2n) is 5.09. The van der Waals surface area contributed by atoms with Crippen molar-refractivity contribution in [3.63, 3.8) is 0 Å². The van der Waals surface area contributed by atoms with E-state index in [0.717, 1.165) is 38.9 Å². The molecule has 1 aromatic heterocycles. The lowest BCUT2D eigenvalue weighted by Gasteiger charge is -2.34. The zero-order valence-corrected chi connectivity index (χ0v) is 14.2. The van der Waals surface area contributed by atoms with Crippen LogP contribution in [-0.4, -0.2) is 46.3 Å². The maximum atomic E-state index is 12.4. The van der Waals surface area contributed by atoms with Crippen LogP contribution in [0.3, 0.4) is 0 Å². The van der Waals surface area contributed by atoms with Gasteiger partial charge in [0.15, 0.2) is 0 Å². The zero-order chi connectivity index (χ0) is 13.5. The van der Waals surface area contributed by atoms with Crippen molar-refractivity contribution in [3.05, 3.63) is 18.5 Å². The molecule has 1 aliphatic rings. The molecule has 0 radical (unpaired) electrons. The van der Waals surface area contributed by atoms with Gasteiger partial charge in [-0.05, 0) is 38.4 Å². The molecule has 1 aliphatic heterocycles. The van der Waals surface area contributed by atoms with Gasteiger partial charge in [-0.25, -0.2) is 0 Å². The van der Waals surface area contributed by atoms with Gasteiger partial charge in [0.2, 0.25) is 5.91 Å². The molecule has 1 saturated heterocycles. The van der Waals surface area contributed by atoms with E-state index in [1.165, 1.54) is 0 Å². The number of hydrogen-bond donors (Lipinski definition) is 1. The molecule has 1 N–H and O–H groups in total. The van der Waals surface area contributed by atoms with Crippen molar-refractivity contribution < 1.29 is 4.79 Å². The minimum absolute atomic E-state index is 0. The molecule has 122 valence electrons. The Bertz CT molecular complexity index is 380. The number of carbonyl (C=O) groups excluding carboxylic acids is 1. The summed E-state index contributed by atoms with van der Waals surface area (Å²) in [5.41, 5.74) is 0. The van der Waals surface area contributed by atoms with Crippen LogP contribution in [0.5, 0.6) is 0 Å². The number of halogens is 2. The molecule has 7 heteroatoms. The fraction of sp³-hybridized carbons (Fsp3) is 0.714. The Morgan fingerprint density at radius 1 is 1.38 bits per heavy atom. The van der Waals surface area contributed by atoms with Crippen molar-refractivity contribution in [1.82, 2.24) is 20.0 Å². The minimum atomic E-state index is 0. The summed E-state index contributed by atoms with van der Waals surface area (Å²) in [5.74, 6) is 0.268. The van der Waals surface area contributed by atoms with Crippen LogP contribution < -0.4 is 5.32 Å². The number of piperidine rings is 1. The molecule has 5 nitrogen and oxygen atoms in total. The smallest absolute Gasteiger partial charge is 0.224 e. The van der Waals surface area contributed by atoms with E-state index in [9.17, 15) is 4.79 Å². The van der Waals surface area contributed by atoms with Crippen LogP contribution in [0.4, 0.5) is 0 Å². The predicted octanol–water partition coefficient (Wildman–Crippen LogP) is 2.11. The first-order valence-electron chi connectivity index (χ1n) is 7.29. The monoisotopic (exact) mass is 336 g/mol. The van der Waals surface area contributed by atoms with E-state index in [0.29, 0.717) is 19.0 Å². The summed E-state index contributed by atoms with van der Waals surface area (Å²) < 4.78 is 1.82. The number of aryl methyl sites for hydroxylation is 1. The number of carbonyl (C=O) groups is 1. The van der Waals surface area contributed by atoms with Crippen LogP contribution in [0.15, 0.2) is 18.5 Å². The van der Waals surface area contributed by atoms with Crippen molar-refractivity contribution in [2.75, 3.05) is 19.6 Å². The van der Waals surface area contributed by atoms with Crippen LogP contribution in [0.25, 0.3) is 0 Å². The number of rotatable bonds is 6. The Morgan fingerprint density at radius 2 is 2.10 bits per heavy atom. The van der Waals surface area contributed by atoms with Crippen molar-refractivity contribution in [1.29, 1.82) is 0 Å². The van der Waals surface area contributed by atoms with Crippen molar-refractivity contribution in [2.45, 2.75) is 45.2 Å². The van der Waals surface area contributed by atoms with Gasteiger partial charge in [0.1, 0.15) is 0 Å². The van der Waals surface area contributed by atoms with E-state index < -0.39 is 0 Å². The quantitative estimate of drug-likeness (QED) is 0.865. The predicted molar refractivity (Wildman–Crippen MR) is 89.2 cm³/mol. The molecular weight excluding hydrogens is 311 g/mol. The van der Waals surface area contributed by atoms with E-state index in [1.807, 2.05) is 16.9 Å². The van der Waals surface area contributed by atoms with Crippen molar-refractivity contribution in [3.8, 4) is 0 Å². The third kappa shape index (κ3) is 6.24.